The Kier molecular flexibility index (Phi) is 6.16. The lowest BCUT2D eigenvalue weighted by atomic mass is 9.96. The molecule has 4 N–H and O–H groups in total. The maximum Gasteiger partial charge on any atom is 0.412 e. The number of nitrogens with two attached hydrogens (primary N) is 1. The first-order chi connectivity index (χ1) is 11.7. The van der Waals surface area contributed by atoms with Crippen LogP contribution in [0, 0.1) is 0 Å². The smallest absolute Gasteiger partial charge is 0.412 e. The molecule has 140 valence electrons. The summed E-state index contributed by atoms with van der Waals surface area (Å²) in [5.41, 5.74) is 7.88. The molecule has 2 rings (SSSR count). The van der Waals surface area contributed by atoms with E-state index in [-0.39, 0.29) is 12.1 Å². The van der Waals surface area contributed by atoms with Gasteiger partial charge >= 0.3 is 6.09 Å². The number of amides is 1. The zero-order valence-electron chi connectivity index (χ0n) is 15.7. The highest BCUT2D eigenvalue weighted by atomic mass is 16.6. The molecule has 1 aliphatic heterocycles. The minimum atomic E-state index is -0.546. The molecule has 1 amide bonds. The first-order valence-electron chi connectivity index (χ1n) is 9.00. The van der Waals surface area contributed by atoms with Crippen molar-refractivity contribution in [1.29, 1.82) is 0 Å². The van der Waals surface area contributed by atoms with E-state index < -0.39 is 11.7 Å². The van der Waals surface area contributed by atoms with Crippen LogP contribution in [0.4, 0.5) is 21.9 Å². The molecule has 0 aliphatic carbocycles. The van der Waals surface area contributed by atoms with Crippen molar-refractivity contribution in [3.05, 3.63) is 18.2 Å². The van der Waals surface area contributed by atoms with Crippen LogP contribution in [0.25, 0.3) is 0 Å². The van der Waals surface area contributed by atoms with E-state index in [0.717, 1.165) is 31.5 Å². The van der Waals surface area contributed by atoms with Gasteiger partial charge in [-0.3, -0.25) is 5.32 Å². The number of ether oxygens (including phenoxy) is 1. The lowest BCUT2D eigenvalue weighted by Gasteiger charge is -2.39. The Balaban J connectivity index is 2.18. The SMILES string of the molecule is CC(O)CC1CCCCN1c1cc(NC(=O)OC(C)(C)C)ccc1N. The topological polar surface area (TPSA) is 87.8 Å². The number of hydrogen-bond acceptors (Lipinski definition) is 5. The highest BCUT2D eigenvalue weighted by Crippen LogP contribution is 2.33. The average Bonchev–Trinajstić information content (AvgIpc) is 2.47. The van der Waals surface area contributed by atoms with E-state index in [2.05, 4.69) is 10.2 Å². The summed E-state index contributed by atoms with van der Waals surface area (Å²) in [5.74, 6) is 0. The van der Waals surface area contributed by atoms with E-state index in [1.165, 1.54) is 0 Å². The molecule has 1 aliphatic rings. The van der Waals surface area contributed by atoms with Crippen molar-refractivity contribution in [2.24, 2.45) is 0 Å². The number of hydrogen-bond donors (Lipinski definition) is 3. The van der Waals surface area contributed by atoms with Crippen LogP contribution in [-0.2, 0) is 4.74 Å². The molecule has 1 heterocycles. The number of nitrogens with one attached hydrogen (secondary N) is 1. The third-order valence-electron chi connectivity index (χ3n) is 4.23. The highest BCUT2D eigenvalue weighted by molar-refractivity contribution is 5.87. The molecule has 6 heteroatoms. The number of piperidine rings is 1. The summed E-state index contributed by atoms with van der Waals surface area (Å²) in [6, 6.07) is 5.72. The molecule has 1 aromatic carbocycles. The van der Waals surface area contributed by atoms with Gasteiger partial charge in [0.2, 0.25) is 0 Å². The fraction of sp³-hybridized carbons (Fsp3) is 0.632. The molecule has 6 nitrogen and oxygen atoms in total. The maximum atomic E-state index is 12.0. The lowest BCUT2D eigenvalue weighted by molar-refractivity contribution is 0.0636. The first-order valence-corrected chi connectivity index (χ1v) is 9.00. The molecule has 0 saturated carbocycles. The van der Waals surface area contributed by atoms with Crippen LogP contribution < -0.4 is 16.0 Å². The molecule has 1 fully saturated rings. The number of benzene rings is 1. The minimum absolute atomic E-state index is 0.257. The van der Waals surface area contributed by atoms with Crippen LogP contribution in [0.2, 0.25) is 0 Å². The fourth-order valence-electron chi connectivity index (χ4n) is 3.25. The van der Waals surface area contributed by atoms with E-state index in [1.54, 1.807) is 12.1 Å². The molecular weight excluding hydrogens is 318 g/mol. The zero-order valence-corrected chi connectivity index (χ0v) is 15.7. The van der Waals surface area contributed by atoms with Gasteiger partial charge in [0.1, 0.15) is 5.60 Å². The van der Waals surface area contributed by atoms with Crippen LogP contribution in [0.1, 0.15) is 53.4 Å². The molecule has 2 atom stereocenters. The number of nitrogen functional groups attached to an aromatic ring is 1. The predicted molar refractivity (Wildman–Crippen MR) is 102 cm³/mol. The number of aliphatic hydroxyl groups is 1. The van der Waals surface area contributed by atoms with Crippen molar-refractivity contribution in [2.75, 3.05) is 22.5 Å². The third-order valence-corrected chi connectivity index (χ3v) is 4.23. The second-order valence-corrected chi connectivity index (χ2v) is 7.83. The van der Waals surface area contributed by atoms with Gasteiger partial charge in [0, 0.05) is 18.3 Å². The van der Waals surface area contributed by atoms with Crippen molar-refractivity contribution >= 4 is 23.2 Å². The van der Waals surface area contributed by atoms with E-state index in [9.17, 15) is 9.90 Å². The Labute approximate surface area is 150 Å². The predicted octanol–water partition coefficient (Wildman–Crippen LogP) is 3.75. The summed E-state index contributed by atoms with van der Waals surface area (Å²) in [6.45, 7) is 8.20. The van der Waals surface area contributed by atoms with Gasteiger partial charge in [-0.1, -0.05) is 0 Å². The second kappa shape index (κ2) is 7.95. The van der Waals surface area contributed by atoms with Gasteiger partial charge in [0.25, 0.3) is 0 Å². The molecule has 25 heavy (non-hydrogen) atoms. The van der Waals surface area contributed by atoms with Gasteiger partial charge in [0.15, 0.2) is 0 Å². The number of nitrogens with zero attached hydrogens (tertiary/aromatic N) is 1. The van der Waals surface area contributed by atoms with Crippen molar-refractivity contribution < 1.29 is 14.6 Å². The largest absolute Gasteiger partial charge is 0.444 e. The summed E-state index contributed by atoms with van der Waals surface area (Å²) in [5, 5.41) is 12.6. The zero-order chi connectivity index (χ0) is 18.6. The van der Waals surface area contributed by atoms with Crippen LogP contribution >= 0.6 is 0 Å². The number of carbonyl (C=O) groups is 1. The van der Waals surface area contributed by atoms with E-state index in [4.69, 9.17) is 10.5 Å². The number of aliphatic hydroxyl groups excluding tert-OH is 1. The first kappa shape index (κ1) is 19.4. The summed E-state index contributed by atoms with van der Waals surface area (Å²) in [7, 11) is 0. The average molecular weight is 349 g/mol. The Morgan fingerprint density at radius 2 is 2.16 bits per heavy atom. The van der Waals surface area contributed by atoms with Gasteiger partial charge < -0.3 is 20.5 Å². The molecule has 0 aromatic heterocycles. The normalized spacial score (nSPS) is 19.4. The van der Waals surface area contributed by atoms with Crippen LogP contribution in [-0.4, -0.2) is 35.5 Å². The Hall–Kier alpha value is -1.95. The molecule has 1 saturated heterocycles. The van der Waals surface area contributed by atoms with Gasteiger partial charge in [-0.2, -0.15) is 0 Å². The third kappa shape index (κ3) is 5.81. The second-order valence-electron chi connectivity index (χ2n) is 7.83. The monoisotopic (exact) mass is 349 g/mol. The standard InChI is InChI=1S/C19H31N3O3/c1-13(23)11-15-7-5-6-10-22(15)17-12-14(8-9-16(17)20)21-18(24)25-19(2,3)4/h8-9,12-13,15,23H,5-7,10-11,20H2,1-4H3,(H,21,24). The molecule has 0 spiro atoms. The van der Waals surface area contributed by atoms with Gasteiger partial charge in [-0.05, 0) is 71.6 Å². The van der Waals surface area contributed by atoms with Gasteiger partial charge in [-0.25, -0.2) is 4.79 Å². The quantitative estimate of drug-likeness (QED) is 0.721. The summed E-state index contributed by atoms with van der Waals surface area (Å²) in [4.78, 5) is 14.3. The summed E-state index contributed by atoms with van der Waals surface area (Å²) in [6.07, 6.45) is 3.16. The summed E-state index contributed by atoms with van der Waals surface area (Å²) < 4.78 is 5.30. The lowest BCUT2D eigenvalue weighted by Crippen LogP contribution is -2.41. The Bertz CT molecular complexity index is 596. The molecule has 0 radical (unpaired) electrons. The maximum absolute atomic E-state index is 12.0. The Morgan fingerprint density at radius 3 is 2.80 bits per heavy atom. The van der Waals surface area contributed by atoms with Gasteiger partial charge in [0.05, 0.1) is 17.5 Å². The van der Waals surface area contributed by atoms with Crippen molar-refractivity contribution in [2.45, 2.75) is 71.1 Å². The molecule has 1 aromatic rings. The van der Waals surface area contributed by atoms with Gasteiger partial charge in [-0.15, -0.1) is 0 Å². The van der Waals surface area contributed by atoms with Crippen LogP contribution in [0.5, 0.6) is 0 Å². The van der Waals surface area contributed by atoms with Crippen LogP contribution in [0.15, 0.2) is 18.2 Å². The van der Waals surface area contributed by atoms with E-state index >= 15 is 0 Å². The van der Waals surface area contributed by atoms with E-state index in [1.807, 2.05) is 33.8 Å². The molecular formula is C19H31N3O3. The molecule has 0 bridgehead atoms. The van der Waals surface area contributed by atoms with Crippen molar-refractivity contribution in [3.63, 3.8) is 0 Å². The summed E-state index contributed by atoms with van der Waals surface area (Å²) >= 11 is 0. The van der Waals surface area contributed by atoms with E-state index in [0.29, 0.717) is 17.8 Å². The number of carbonyl (C=O) groups excluding carboxylic acids is 1. The van der Waals surface area contributed by atoms with Crippen LogP contribution in [0.3, 0.4) is 0 Å². The number of rotatable bonds is 4. The van der Waals surface area contributed by atoms with Crippen molar-refractivity contribution in [1.82, 2.24) is 0 Å². The Morgan fingerprint density at radius 1 is 1.44 bits per heavy atom. The fourth-order valence-corrected chi connectivity index (χ4v) is 3.25. The number of anilines is 3. The highest BCUT2D eigenvalue weighted by Gasteiger charge is 2.25. The minimum Gasteiger partial charge on any atom is -0.444 e. The van der Waals surface area contributed by atoms with Crippen molar-refractivity contribution in [3.8, 4) is 0 Å². The molecule has 2 unspecified atom stereocenters.